The van der Waals surface area contributed by atoms with Crippen LogP contribution in [0.1, 0.15) is 0 Å². The Labute approximate surface area is 134 Å². The number of carbonyl (C=O) groups is 1. The number of rotatable bonds is 1. The normalized spacial score (nSPS) is 11.3. The van der Waals surface area contributed by atoms with Crippen molar-refractivity contribution < 1.29 is 9.90 Å². The number of para-hydroxylation sites is 2. The third kappa shape index (κ3) is 1.89. The lowest BCUT2D eigenvalue weighted by atomic mass is 10.2. The van der Waals surface area contributed by atoms with Crippen LogP contribution in [0.2, 0.25) is 5.02 Å². The lowest BCUT2D eigenvalue weighted by molar-refractivity contribution is 0.196. The molecule has 0 aliphatic heterocycles. The summed E-state index contributed by atoms with van der Waals surface area (Å²) in [4.78, 5) is 27.2. The van der Waals surface area contributed by atoms with Crippen LogP contribution in [0.3, 0.4) is 0 Å². The highest BCUT2D eigenvalue weighted by molar-refractivity contribution is 6.31. The van der Waals surface area contributed by atoms with Crippen molar-refractivity contribution in [3.63, 3.8) is 0 Å². The largest absolute Gasteiger partial charge is 0.464 e. The Morgan fingerprint density at radius 2 is 1.87 bits per heavy atom. The van der Waals surface area contributed by atoms with Gasteiger partial charge in [0.1, 0.15) is 0 Å². The van der Waals surface area contributed by atoms with Crippen LogP contribution in [0.15, 0.2) is 53.5 Å². The molecule has 0 unspecified atom stereocenters. The summed E-state index contributed by atoms with van der Waals surface area (Å²) in [5.41, 5.74) is 1.59. The van der Waals surface area contributed by atoms with E-state index in [1.807, 2.05) is 0 Å². The quantitative estimate of drug-likeness (QED) is 0.562. The Morgan fingerprint density at radius 1 is 1.13 bits per heavy atom. The monoisotopic (exact) mass is 327 g/mol. The topological polar surface area (TPSA) is 80.0 Å². The highest BCUT2D eigenvalue weighted by Gasteiger charge is 2.20. The van der Waals surface area contributed by atoms with Crippen molar-refractivity contribution in [1.29, 1.82) is 0 Å². The van der Waals surface area contributed by atoms with Crippen molar-refractivity contribution in [3.8, 4) is 5.69 Å². The lowest BCUT2D eigenvalue weighted by Gasteiger charge is -2.01. The Balaban J connectivity index is 2.15. The van der Waals surface area contributed by atoms with Crippen LogP contribution in [0.4, 0.5) is 4.79 Å². The molecule has 0 atom stereocenters. The molecule has 0 aliphatic rings. The maximum atomic E-state index is 12.6. The van der Waals surface area contributed by atoms with Gasteiger partial charge in [-0.1, -0.05) is 23.7 Å². The molecule has 0 saturated carbocycles. The highest BCUT2D eigenvalue weighted by Crippen LogP contribution is 2.26. The molecule has 2 heterocycles. The first-order chi connectivity index (χ1) is 11.1. The summed E-state index contributed by atoms with van der Waals surface area (Å²) < 4.78 is 2.13. The van der Waals surface area contributed by atoms with Gasteiger partial charge in [-0.2, -0.15) is 4.57 Å². The predicted octanol–water partition coefficient (Wildman–Crippen LogP) is 3.45. The van der Waals surface area contributed by atoms with Gasteiger partial charge < -0.3 is 10.1 Å². The second kappa shape index (κ2) is 4.76. The number of nitrogens with zero attached hydrogens (tertiary/aromatic N) is 2. The molecule has 2 aromatic heterocycles. The molecule has 2 aromatic carbocycles. The van der Waals surface area contributed by atoms with E-state index >= 15 is 0 Å². The minimum Gasteiger partial charge on any atom is -0.464 e. The smallest absolute Gasteiger partial charge is 0.420 e. The first-order valence-electron chi connectivity index (χ1n) is 6.81. The van der Waals surface area contributed by atoms with Gasteiger partial charge >= 0.3 is 11.8 Å². The van der Waals surface area contributed by atoms with Crippen molar-refractivity contribution >= 4 is 39.6 Å². The predicted molar refractivity (Wildman–Crippen MR) is 87.8 cm³/mol. The fraction of sp³-hybridized carbons (Fsp3) is 0. The number of aromatic amines is 1. The number of imidazole rings is 1. The third-order valence-corrected chi connectivity index (χ3v) is 4.04. The molecule has 6 nitrogen and oxygen atoms in total. The molecule has 0 radical (unpaired) electrons. The summed E-state index contributed by atoms with van der Waals surface area (Å²) in [6.45, 7) is 0. The van der Waals surface area contributed by atoms with E-state index in [1.54, 1.807) is 48.7 Å². The van der Waals surface area contributed by atoms with Gasteiger partial charge in [-0.25, -0.2) is 9.59 Å². The van der Waals surface area contributed by atoms with Crippen molar-refractivity contribution in [2.75, 3.05) is 0 Å². The molecule has 0 aliphatic carbocycles. The molecule has 0 saturated heterocycles. The summed E-state index contributed by atoms with van der Waals surface area (Å²) in [5.74, 6) is 0. The van der Waals surface area contributed by atoms with Gasteiger partial charge in [0.05, 0.1) is 16.7 Å². The molecule has 0 bridgehead atoms. The first kappa shape index (κ1) is 13.7. The average Bonchev–Trinajstić information content (AvgIpc) is 3.04. The number of fused-ring (bicyclic) bond motifs is 2. The zero-order valence-corrected chi connectivity index (χ0v) is 12.4. The average molecular weight is 328 g/mol. The number of hydrogen-bond donors (Lipinski definition) is 2. The van der Waals surface area contributed by atoms with Gasteiger partial charge in [-0.3, -0.25) is 4.57 Å². The molecule has 0 amide bonds. The SMILES string of the molecule is O=C(O)n1c(=O)n(-c2c[nH]c3cc(Cl)ccc23)c2ccccc21. The minimum absolute atomic E-state index is 0.341. The van der Waals surface area contributed by atoms with E-state index in [0.717, 1.165) is 15.5 Å². The zero-order chi connectivity index (χ0) is 16.1. The van der Waals surface area contributed by atoms with Gasteiger partial charge in [-0.15, -0.1) is 0 Å². The molecular weight excluding hydrogens is 318 g/mol. The number of carboxylic acid groups (broad SMARTS) is 1. The zero-order valence-electron chi connectivity index (χ0n) is 11.7. The van der Waals surface area contributed by atoms with E-state index in [-0.39, 0.29) is 0 Å². The Bertz CT molecular complexity index is 1140. The van der Waals surface area contributed by atoms with Crippen LogP contribution in [0.25, 0.3) is 27.6 Å². The van der Waals surface area contributed by atoms with Gasteiger partial charge in [0.15, 0.2) is 0 Å². The van der Waals surface area contributed by atoms with Crippen molar-refractivity contribution in [2.45, 2.75) is 0 Å². The van der Waals surface area contributed by atoms with E-state index in [2.05, 4.69) is 4.98 Å². The van der Waals surface area contributed by atoms with Crippen LogP contribution < -0.4 is 5.69 Å². The second-order valence-electron chi connectivity index (χ2n) is 5.09. The summed E-state index contributed by atoms with van der Waals surface area (Å²) in [6, 6.07) is 12.0. The molecule has 4 rings (SSSR count). The van der Waals surface area contributed by atoms with Crippen molar-refractivity contribution in [3.05, 3.63) is 64.2 Å². The molecule has 4 aromatic rings. The molecule has 23 heavy (non-hydrogen) atoms. The molecule has 0 spiro atoms. The first-order valence-corrected chi connectivity index (χ1v) is 7.18. The number of H-pyrrole nitrogens is 1. The van der Waals surface area contributed by atoms with Gasteiger partial charge in [0, 0.05) is 22.1 Å². The van der Waals surface area contributed by atoms with E-state index in [4.69, 9.17) is 11.6 Å². The van der Waals surface area contributed by atoms with Crippen LogP contribution >= 0.6 is 11.6 Å². The summed E-state index contributed by atoms with van der Waals surface area (Å²) in [5, 5.41) is 10.7. The van der Waals surface area contributed by atoms with E-state index in [1.165, 1.54) is 4.57 Å². The molecule has 0 fully saturated rings. The van der Waals surface area contributed by atoms with Gasteiger partial charge in [0.2, 0.25) is 0 Å². The summed E-state index contributed by atoms with van der Waals surface area (Å²) in [7, 11) is 0. The van der Waals surface area contributed by atoms with Gasteiger partial charge in [0.25, 0.3) is 0 Å². The maximum Gasteiger partial charge on any atom is 0.420 e. The minimum atomic E-state index is -1.31. The second-order valence-corrected chi connectivity index (χ2v) is 5.52. The molecule has 7 heteroatoms. The number of nitrogens with one attached hydrogen (secondary N) is 1. The van der Waals surface area contributed by atoms with Crippen LogP contribution in [0.5, 0.6) is 0 Å². The molecule has 114 valence electrons. The number of benzene rings is 2. The highest BCUT2D eigenvalue weighted by atomic mass is 35.5. The Kier molecular flexibility index (Phi) is 2.82. The Hall–Kier alpha value is -2.99. The number of aromatic nitrogens is 3. The fourth-order valence-electron chi connectivity index (χ4n) is 2.83. The van der Waals surface area contributed by atoms with E-state index in [0.29, 0.717) is 21.7 Å². The molecule has 2 N–H and O–H groups in total. The van der Waals surface area contributed by atoms with Gasteiger partial charge in [-0.05, 0) is 30.3 Å². The number of halogens is 1. The van der Waals surface area contributed by atoms with Crippen LogP contribution in [-0.2, 0) is 0 Å². The summed E-state index contributed by atoms with van der Waals surface area (Å²) in [6.07, 6.45) is 0.355. The van der Waals surface area contributed by atoms with E-state index < -0.39 is 11.8 Å². The lowest BCUT2D eigenvalue weighted by Crippen LogP contribution is -2.27. The Morgan fingerprint density at radius 3 is 2.61 bits per heavy atom. The standard InChI is InChI=1S/C16H10ClN3O3/c17-9-5-6-10-11(7-9)18-8-14(10)19-12-3-1-2-4-13(12)20(15(19)21)16(22)23/h1-8,18H,(H,22,23). The number of hydrogen-bond acceptors (Lipinski definition) is 2. The molecular formula is C16H10ClN3O3. The van der Waals surface area contributed by atoms with E-state index in [9.17, 15) is 14.7 Å². The maximum absolute atomic E-state index is 12.6. The van der Waals surface area contributed by atoms with Crippen LogP contribution in [0, 0.1) is 0 Å². The fourth-order valence-corrected chi connectivity index (χ4v) is 3.01. The van der Waals surface area contributed by atoms with Crippen LogP contribution in [-0.4, -0.2) is 25.3 Å². The third-order valence-electron chi connectivity index (χ3n) is 3.80. The van der Waals surface area contributed by atoms with Crippen molar-refractivity contribution in [2.24, 2.45) is 0 Å². The van der Waals surface area contributed by atoms with Crippen molar-refractivity contribution in [1.82, 2.24) is 14.1 Å². The summed E-state index contributed by atoms with van der Waals surface area (Å²) >= 11 is 5.98.